The Morgan fingerprint density at radius 1 is 1.43 bits per heavy atom. The molecule has 1 fully saturated rings. The molecular formula is C12H23N5O4. The van der Waals surface area contributed by atoms with Gasteiger partial charge in [0.2, 0.25) is 0 Å². The number of nitrogens with zero attached hydrogens (tertiary/aromatic N) is 2. The van der Waals surface area contributed by atoms with Crippen molar-refractivity contribution in [2.24, 2.45) is 22.5 Å². The van der Waals surface area contributed by atoms with Gasteiger partial charge in [0.15, 0.2) is 5.71 Å². The van der Waals surface area contributed by atoms with E-state index in [2.05, 4.69) is 5.16 Å². The highest BCUT2D eigenvalue weighted by molar-refractivity contribution is 6.44. The highest BCUT2D eigenvalue weighted by Gasteiger charge is 2.33. The van der Waals surface area contributed by atoms with E-state index in [1.165, 1.54) is 0 Å². The smallest absolute Gasteiger partial charge is 0.294 e. The molecule has 1 heterocycles. The van der Waals surface area contributed by atoms with Gasteiger partial charge >= 0.3 is 0 Å². The number of hydrazine groups is 1. The van der Waals surface area contributed by atoms with Crippen LogP contribution in [0.2, 0.25) is 0 Å². The SMILES string of the molecule is CCC/C(N)=C(N)/C(=N/O)C(=O)N(N)C1CCC(CO)O1. The third-order valence-electron chi connectivity index (χ3n) is 3.26. The van der Waals surface area contributed by atoms with Crippen LogP contribution in [0.1, 0.15) is 32.6 Å². The Hall–Kier alpha value is -1.84. The van der Waals surface area contributed by atoms with Crippen molar-refractivity contribution < 1.29 is 19.8 Å². The van der Waals surface area contributed by atoms with Gasteiger partial charge in [-0.05, 0) is 19.3 Å². The maximum absolute atomic E-state index is 12.2. The summed E-state index contributed by atoms with van der Waals surface area (Å²) >= 11 is 0. The Bertz CT molecular complexity index is 437. The fourth-order valence-corrected chi connectivity index (χ4v) is 2.05. The van der Waals surface area contributed by atoms with Gasteiger partial charge < -0.3 is 26.5 Å². The molecule has 0 aliphatic carbocycles. The molecule has 0 saturated carbocycles. The van der Waals surface area contributed by atoms with Crippen molar-refractivity contribution in [1.82, 2.24) is 5.01 Å². The molecule has 8 N–H and O–H groups in total. The first-order chi connectivity index (χ1) is 9.96. The lowest BCUT2D eigenvalue weighted by molar-refractivity contribution is -0.139. The summed E-state index contributed by atoms with van der Waals surface area (Å²) in [4.78, 5) is 12.2. The van der Waals surface area contributed by atoms with Crippen LogP contribution in [-0.2, 0) is 9.53 Å². The zero-order valence-corrected chi connectivity index (χ0v) is 12.0. The van der Waals surface area contributed by atoms with Crippen molar-refractivity contribution in [3.05, 3.63) is 11.4 Å². The number of ether oxygens (including phenoxy) is 1. The predicted molar refractivity (Wildman–Crippen MR) is 75.5 cm³/mol. The highest BCUT2D eigenvalue weighted by atomic mass is 16.5. The molecule has 0 radical (unpaired) electrons. The standard InChI is InChI=1S/C12H23N5O4/c1-2-3-8(13)10(14)11(16-20)12(19)17(15)9-5-4-7(6-18)21-9/h7,9,18,20H,2-6,13-15H2,1H3/b10-8+,16-11-. The second-order valence-electron chi connectivity index (χ2n) is 4.82. The summed E-state index contributed by atoms with van der Waals surface area (Å²) in [6.45, 7) is 1.75. The minimum Gasteiger partial charge on any atom is -0.410 e. The second kappa shape index (κ2) is 7.81. The Morgan fingerprint density at radius 3 is 2.57 bits per heavy atom. The fraction of sp³-hybridized carbons (Fsp3) is 0.667. The summed E-state index contributed by atoms with van der Waals surface area (Å²) in [6.07, 6.45) is 1.19. The predicted octanol–water partition coefficient (Wildman–Crippen LogP) is -1.05. The summed E-state index contributed by atoms with van der Waals surface area (Å²) in [6, 6.07) is 0. The lowest BCUT2D eigenvalue weighted by atomic mass is 10.1. The van der Waals surface area contributed by atoms with Gasteiger partial charge in [0.05, 0.1) is 18.4 Å². The summed E-state index contributed by atoms with van der Waals surface area (Å²) in [7, 11) is 0. The zero-order chi connectivity index (χ0) is 16.0. The van der Waals surface area contributed by atoms with Crippen LogP contribution in [0.3, 0.4) is 0 Å². The highest BCUT2D eigenvalue weighted by Crippen LogP contribution is 2.21. The van der Waals surface area contributed by atoms with E-state index in [0.29, 0.717) is 19.3 Å². The van der Waals surface area contributed by atoms with Gasteiger partial charge in [-0.15, -0.1) is 0 Å². The summed E-state index contributed by atoms with van der Waals surface area (Å²) < 4.78 is 5.38. The number of carbonyl (C=O) groups is 1. The molecule has 0 aromatic carbocycles. The Labute approximate surface area is 123 Å². The first-order valence-electron chi connectivity index (χ1n) is 6.77. The van der Waals surface area contributed by atoms with Crippen LogP contribution in [0.5, 0.6) is 0 Å². The molecule has 0 bridgehead atoms. The third kappa shape index (κ3) is 4.06. The molecule has 1 rings (SSSR count). The number of oxime groups is 1. The molecule has 0 aromatic rings. The van der Waals surface area contributed by atoms with E-state index in [-0.39, 0.29) is 24.1 Å². The third-order valence-corrected chi connectivity index (χ3v) is 3.26. The molecule has 0 spiro atoms. The number of rotatable bonds is 6. The molecule has 120 valence electrons. The van der Waals surface area contributed by atoms with Gasteiger partial charge in [0, 0.05) is 5.70 Å². The van der Waals surface area contributed by atoms with Gasteiger partial charge in [0.1, 0.15) is 6.23 Å². The maximum Gasteiger partial charge on any atom is 0.294 e. The normalized spacial score (nSPS) is 23.9. The molecule has 1 saturated heterocycles. The van der Waals surface area contributed by atoms with E-state index >= 15 is 0 Å². The number of nitrogens with two attached hydrogens (primary N) is 3. The van der Waals surface area contributed by atoms with Gasteiger partial charge in [-0.2, -0.15) is 0 Å². The Balaban J connectivity index is 2.82. The number of allylic oxidation sites excluding steroid dienone is 1. The Morgan fingerprint density at radius 2 is 2.10 bits per heavy atom. The van der Waals surface area contributed by atoms with E-state index in [4.69, 9.17) is 32.4 Å². The number of aliphatic hydroxyl groups excluding tert-OH is 1. The van der Waals surface area contributed by atoms with Crippen LogP contribution >= 0.6 is 0 Å². The number of carbonyl (C=O) groups excluding carboxylic acids is 1. The second-order valence-corrected chi connectivity index (χ2v) is 4.82. The van der Waals surface area contributed by atoms with Crippen LogP contribution in [-0.4, -0.2) is 45.9 Å². The monoisotopic (exact) mass is 301 g/mol. The molecule has 9 nitrogen and oxygen atoms in total. The lowest BCUT2D eigenvalue weighted by Crippen LogP contribution is -2.50. The van der Waals surface area contributed by atoms with Crippen molar-refractivity contribution in [3.63, 3.8) is 0 Å². The number of amides is 1. The molecule has 9 heteroatoms. The minimum absolute atomic E-state index is 0.100. The molecule has 0 aromatic heterocycles. The van der Waals surface area contributed by atoms with E-state index in [9.17, 15) is 4.79 Å². The molecule has 2 atom stereocenters. The molecule has 1 aliphatic rings. The van der Waals surface area contributed by atoms with Gasteiger partial charge in [-0.1, -0.05) is 18.5 Å². The summed E-state index contributed by atoms with van der Waals surface area (Å²) in [5.74, 6) is 4.90. The Kier molecular flexibility index (Phi) is 6.40. The van der Waals surface area contributed by atoms with Crippen LogP contribution in [0.25, 0.3) is 0 Å². The van der Waals surface area contributed by atoms with Gasteiger partial charge in [-0.25, -0.2) is 10.9 Å². The summed E-state index contributed by atoms with van der Waals surface area (Å²) in [5, 5.41) is 21.7. The number of hydrogen-bond donors (Lipinski definition) is 5. The number of hydrogen-bond acceptors (Lipinski definition) is 8. The lowest BCUT2D eigenvalue weighted by Gasteiger charge is -2.24. The zero-order valence-electron chi connectivity index (χ0n) is 12.0. The molecule has 1 amide bonds. The summed E-state index contributed by atoms with van der Waals surface area (Å²) in [5.41, 5.74) is 11.2. The topological polar surface area (TPSA) is 160 Å². The van der Waals surface area contributed by atoms with Crippen LogP contribution in [0, 0.1) is 0 Å². The van der Waals surface area contributed by atoms with Gasteiger partial charge in [0.25, 0.3) is 5.91 Å². The van der Waals surface area contributed by atoms with Crippen LogP contribution < -0.4 is 17.3 Å². The van der Waals surface area contributed by atoms with Crippen LogP contribution in [0.4, 0.5) is 0 Å². The van der Waals surface area contributed by atoms with E-state index in [1.807, 2.05) is 6.92 Å². The fourth-order valence-electron chi connectivity index (χ4n) is 2.05. The first-order valence-corrected chi connectivity index (χ1v) is 6.77. The van der Waals surface area contributed by atoms with Gasteiger partial charge in [-0.3, -0.25) is 4.79 Å². The molecule has 2 unspecified atom stereocenters. The van der Waals surface area contributed by atoms with Crippen molar-refractivity contribution in [3.8, 4) is 0 Å². The maximum atomic E-state index is 12.2. The molecule has 21 heavy (non-hydrogen) atoms. The van der Waals surface area contributed by atoms with Crippen LogP contribution in [0.15, 0.2) is 16.5 Å². The van der Waals surface area contributed by atoms with Crippen molar-refractivity contribution >= 4 is 11.6 Å². The van der Waals surface area contributed by atoms with Crippen molar-refractivity contribution in [2.45, 2.75) is 44.9 Å². The van der Waals surface area contributed by atoms with Crippen molar-refractivity contribution in [2.75, 3.05) is 6.61 Å². The van der Waals surface area contributed by atoms with E-state index < -0.39 is 17.8 Å². The largest absolute Gasteiger partial charge is 0.410 e. The van der Waals surface area contributed by atoms with Crippen molar-refractivity contribution in [1.29, 1.82) is 0 Å². The quantitative estimate of drug-likeness (QED) is 0.137. The first kappa shape index (κ1) is 17.2. The van der Waals surface area contributed by atoms with E-state index in [0.717, 1.165) is 11.4 Å². The average Bonchev–Trinajstić information content (AvgIpc) is 2.96. The van der Waals surface area contributed by atoms with E-state index in [1.54, 1.807) is 0 Å². The average molecular weight is 301 g/mol. The molecular weight excluding hydrogens is 278 g/mol. The minimum atomic E-state index is -0.794. The molecule has 1 aliphatic heterocycles. The number of aliphatic hydroxyl groups is 1.